The van der Waals surface area contributed by atoms with Crippen molar-refractivity contribution < 1.29 is 16.8 Å². The number of likely N-dealkylation sites (N-methyl/N-ethyl adjacent to an activating group) is 1. The lowest BCUT2D eigenvalue weighted by atomic mass is 10.0. The fourth-order valence-corrected chi connectivity index (χ4v) is 6.27. The van der Waals surface area contributed by atoms with Gasteiger partial charge in [0.2, 0.25) is 0 Å². The predicted octanol–water partition coefficient (Wildman–Crippen LogP) is 12.3. The summed E-state index contributed by atoms with van der Waals surface area (Å²) in [7, 11) is -2.18. The SMILES string of the molecule is CCCCC/C=C\C/C=C\CCCCCCCCC(CCCCCCCC/C=C\C/C=C\CCCCC)OS(=O)(=O)OCCNC. The minimum Gasteiger partial charge on any atom is -0.317 e. The molecule has 0 saturated carbocycles. The molecule has 0 bridgehead atoms. The van der Waals surface area contributed by atoms with Gasteiger partial charge < -0.3 is 5.32 Å². The highest BCUT2D eigenvalue weighted by Gasteiger charge is 2.20. The van der Waals surface area contributed by atoms with Crippen molar-refractivity contribution in [1.29, 1.82) is 0 Å². The Kier molecular flexibility index (Phi) is 35.7. The van der Waals surface area contributed by atoms with Crippen molar-refractivity contribution in [1.82, 2.24) is 5.32 Å². The van der Waals surface area contributed by atoms with E-state index in [2.05, 4.69) is 67.8 Å². The van der Waals surface area contributed by atoms with Gasteiger partial charge in [0.1, 0.15) is 0 Å². The van der Waals surface area contributed by atoms with Gasteiger partial charge in [0.05, 0.1) is 12.7 Å². The second-order valence-corrected chi connectivity index (χ2v) is 14.0. The first-order valence-corrected chi connectivity index (χ1v) is 20.7. The molecular formula is C40H75NO4S. The van der Waals surface area contributed by atoms with Crippen LogP contribution < -0.4 is 5.32 Å². The molecule has 0 aliphatic heterocycles. The third kappa shape index (κ3) is 35.6. The highest BCUT2D eigenvalue weighted by molar-refractivity contribution is 7.81. The van der Waals surface area contributed by atoms with E-state index in [-0.39, 0.29) is 12.7 Å². The molecule has 0 rings (SSSR count). The summed E-state index contributed by atoms with van der Waals surface area (Å²) in [5.41, 5.74) is 0. The normalized spacial score (nSPS) is 12.8. The number of nitrogens with one attached hydrogen (secondary N) is 1. The summed E-state index contributed by atoms with van der Waals surface area (Å²) >= 11 is 0. The Bertz CT molecular complexity index is 786. The van der Waals surface area contributed by atoms with Crippen LogP contribution in [0.2, 0.25) is 0 Å². The highest BCUT2D eigenvalue weighted by atomic mass is 32.3. The summed E-state index contributed by atoms with van der Waals surface area (Å²) in [5, 5.41) is 2.91. The Balaban J connectivity index is 4.08. The quantitative estimate of drug-likeness (QED) is 0.0533. The molecule has 0 radical (unpaired) electrons. The van der Waals surface area contributed by atoms with Crippen molar-refractivity contribution in [2.75, 3.05) is 20.2 Å². The third-order valence-corrected chi connectivity index (χ3v) is 9.25. The van der Waals surface area contributed by atoms with E-state index in [9.17, 15) is 8.42 Å². The molecule has 0 saturated heterocycles. The van der Waals surface area contributed by atoms with Crippen LogP contribution in [0.25, 0.3) is 0 Å². The van der Waals surface area contributed by atoms with Crippen molar-refractivity contribution >= 4 is 10.4 Å². The first kappa shape index (κ1) is 44.8. The molecule has 270 valence electrons. The van der Waals surface area contributed by atoms with E-state index in [0.29, 0.717) is 6.54 Å². The summed E-state index contributed by atoms with van der Waals surface area (Å²) in [6.07, 6.45) is 48.7. The van der Waals surface area contributed by atoms with Gasteiger partial charge in [-0.3, -0.25) is 0 Å². The molecule has 0 aliphatic rings. The topological polar surface area (TPSA) is 64.6 Å². The van der Waals surface area contributed by atoms with Gasteiger partial charge in [-0.1, -0.05) is 152 Å². The molecule has 0 aliphatic carbocycles. The van der Waals surface area contributed by atoms with E-state index in [0.717, 1.165) is 51.4 Å². The van der Waals surface area contributed by atoms with Crippen LogP contribution in [0, 0.1) is 0 Å². The van der Waals surface area contributed by atoms with Gasteiger partial charge in [0.15, 0.2) is 0 Å². The highest BCUT2D eigenvalue weighted by Crippen LogP contribution is 2.19. The summed E-state index contributed by atoms with van der Waals surface area (Å²) < 4.78 is 35.3. The van der Waals surface area contributed by atoms with E-state index >= 15 is 0 Å². The van der Waals surface area contributed by atoms with Crippen LogP contribution in [0.4, 0.5) is 0 Å². The van der Waals surface area contributed by atoms with E-state index in [4.69, 9.17) is 8.37 Å². The van der Waals surface area contributed by atoms with E-state index in [1.807, 2.05) is 0 Å². The van der Waals surface area contributed by atoms with Crippen molar-refractivity contribution in [3.63, 3.8) is 0 Å². The molecule has 0 fully saturated rings. The van der Waals surface area contributed by atoms with E-state index in [1.165, 1.54) is 116 Å². The van der Waals surface area contributed by atoms with Gasteiger partial charge in [-0.25, -0.2) is 8.37 Å². The lowest BCUT2D eigenvalue weighted by Gasteiger charge is -2.17. The van der Waals surface area contributed by atoms with Crippen LogP contribution in [-0.4, -0.2) is 34.7 Å². The summed E-state index contributed by atoms with van der Waals surface area (Å²) in [4.78, 5) is 0. The first-order chi connectivity index (χ1) is 22.6. The van der Waals surface area contributed by atoms with Crippen molar-refractivity contribution in [3.05, 3.63) is 48.6 Å². The molecule has 0 heterocycles. The minimum atomic E-state index is -3.96. The Morgan fingerprint density at radius 3 is 1.28 bits per heavy atom. The molecule has 0 aromatic carbocycles. The Morgan fingerprint density at radius 1 is 0.522 bits per heavy atom. The monoisotopic (exact) mass is 666 g/mol. The third-order valence-electron chi connectivity index (χ3n) is 8.29. The zero-order valence-corrected chi connectivity index (χ0v) is 31.4. The average Bonchev–Trinajstić information content (AvgIpc) is 3.04. The van der Waals surface area contributed by atoms with Gasteiger partial charge in [0, 0.05) is 6.54 Å². The zero-order chi connectivity index (χ0) is 33.7. The van der Waals surface area contributed by atoms with Crippen LogP contribution in [0.1, 0.15) is 181 Å². The second kappa shape index (κ2) is 36.6. The summed E-state index contributed by atoms with van der Waals surface area (Å²) in [6, 6.07) is 0. The molecular weight excluding hydrogens is 591 g/mol. The molecule has 1 N–H and O–H groups in total. The predicted molar refractivity (Wildman–Crippen MR) is 202 cm³/mol. The zero-order valence-electron chi connectivity index (χ0n) is 30.5. The van der Waals surface area contributed by atoms with E-state index < -0.39 is 10.4 Å². The fraction of sp³-hybridized carbons (Fsp3) is 0.800. The van der Waals surface area contributed by atoms with Gasteiger partial charge >= 0.3 is 10.4 Å². The molecule has 0 spiro atoms. The van der Waals surface area contributed by atoms with Crippen molar-refractivity contribution in [2.24, 2.45) is 0 Å². The Morgan fingerprint density at radius 2 is 0.891 bits per heavy atom. The molecule has 0 aromatic heterocycles. The molecule has 46 heavy (non-hydrogen) atoms. The molecule has 6 heteroatoms. The fourth-order valence-electron chi connectivity index (χ4n) is 5.40. The average molecular weight is 666 g/mol. The molecule has 0 atom stereocenters. The largest absolute Gasteiger partial charge is 0.400 e. The Hall–Kier alpha value is -1.21. The molecule has 0 aromatic rings. The van der Waals surface area contributed by atoms with Gasteiger partial charge in [0.25, 0.3) is 0 Å². The van der Waals surface area contributed by atoms with Crippen LogP contribution in [0.5, 0.6) is 0 Å². The molecule has 0 unspecified atom stereocenters. The van der Waals surface area contributed by atoms with E-state index in [1.54, 1.807) is 7.05 Å². The van der Waals surface area contributed by atoms with Gasteiger partial charge in [-0.05, 0) is 84.1 Å². The first-order valence-electron chi connectivity index (χ1n) is 19.4. The molecule has 0 amide bonds. The van der Waals surface area contributed by atoms with Crippen LogP contribution in [0.3, 0.4) is 0 Å². The lowest BCUT2D eigenvalue weighted by molar-refractivity contribution is 0.138. The maximum atomic E-state index is 12.4. The van der Waals surface area contributed by atoms with Crippen LogP contribution in [-0.2, 0) is 18.8 Å². The summed E-state index contributed by atoms with van der Waals surface area (Å²) in [6.45, 7) is 5.07. The van der Waals surface area contributed by atoms with Crippen LogP contribution >= 0.6 is 0 Å². The number of rotatable bonds is 36. The maximum Gasteiger partial charge on any atom is 0.400 e. The van der Waals surface area contributed by atoms with Crippen molar-refractivity contribution in [2.45, 2.75) is 187 Å². The summed E-state index contributed by atoms with van der Waals surface area (Å²) in [5.74, 6) is 0. The number of allylic oxidation sites excluding steroid dienone is 8. The van der Waals surface area contributed by atoms with Crippen LogP contribution in [0.15, 0.2) is 48.6 Å². The van der Waals surface area contributed by atoms with Gasteiger partial charge in [-0.2, -0.15) is 8.42 Å². The second-order valence-electron chi connectivity index (χ2n) is 12.8. The van der Waals surface area contributed by atoms with Crippen molar-refractivity contribution in [3.8, 4) is 0 Å². The number of hydrogen-bond donors (Lipinski definition) is 1. The minimum absolute atomic E-state index is 0.0986. The Labute approximate surface area is 287 Å². The lowest BCUT2D eigenvalue weighted by Crippen LogP contribution is -2.23. The number of hydrogen-bond acceptors (Lipinski definition) is 5. The standard InChI is InChI=1S/C40H75NO4S/c1-4-6-8-10-12-14-16-18-20-22-24-26-28-30-32-34-36-40(45-46(42,43)44-39-38-41-3)37-35-33-31-29-27-25-23-21-19-17-15-13-11-9-7-5-2/h12-15,18-21,40-41H,4-11,16-17,22-39H2,1-3H3/b14-12-,15-13-,20-18-,21-19-. The maximum absolute atomic E-state index is 12.4. The smallest absolute Gasteiger partial charge is 0.317 e. The number of unbranched alkanes of at least 4 members (excludes halogenated alkanes) is 18. The molecule has 5 nitrogen and oxygen atoms in total. The van der Waals surface area contributed by atoms with Gasteiger partial charge in [-0.15, -0.1) is 0 Å².